The molecule has 0 bridgehead atoms. The Morgan fingerprint density at radius 3 is 0.753 bits per heavy atom. The van der Waals surface area contributed by atoms with E-state index in [1.165, 1.54) is 128 Å². The van der Waals surface area contributed by atoms with Crippen LogP contribution in [0.4, 0.5) is 0 Å². The fraction of sp³-hybridized carbons (Fsp3) is 0.693. The van der Waals surface area contributed by atoms with Crippen molar-refractivity contribution in [3.63, 3.8) is 0 Å². The molecule has 81 heavy (non-hydrogen) atoms. The van der Waals surface area contributed by atoms with Crippen LogP contribution in [0.25, 0.3) is 0 Å². The number of allylic oxidation sites excluding steroid dienone is 20. The van der Waals surface area contributed by atoms with Crippen LogP contribution in [0.5, 0.6) is 0 Å². The summed E-state index contributed by atoms with van der Waals surface area (Å²) < 4.78 is 17.0. The van der Waals surface area contributed by atoms with Crippen molar-refractivity contribution in [2.24, 2.45) is 0 Å². The third-order valence-electron chi connectivity index (χ3n) is 14.5. The van der Waals surface area contributed by atoms with Crippen molar-refractivity contribution < 1.29 is 28.6 Å². The largest absolute Gasteiger partial charge is 0.462 e. The maximum Gasteiger partial charge on any atom is 0.306 e. The highest BCUT2D eigenvalue weighted by Crippen LogP contribution is 2.17. The molecular formula is C75H126O6. The van der Waals surface area contributed by atoms with E-state index in [-0.39, 0.29) is 31.1 Å². The minimum atomic E-state index is -0.794. The molecule has 0 rings (SSSR count). The first-order chi connectivity index (χ1) is 40.0. The van der Waals surface area contributed by atoms with Gasteiger partial charge in [0, 0.05) is 19.3 Å². The summed E-state index contributed by atoms with van der Waals surface area (Å²) in [6.07, 6.45) is 94.9. The molecule has 6 nitrogen and oxygen atoms in total. The fourth-order valence-electron chi connectivity index (χ4n) is 9.44. The molecule has 0 aliphatic rings. The van der Waals surface area contributed by atoms with Crippen molar-refractivity contribution in [3.8, 4) is 0 Å². The number of ether oxygens (including phenoxy) is 3. The predicted molar refractivity (Wildman–Crippen MR) is 353 cm³/mol. The van der Waals surface area contributed by atoms with Gasteiger partial charge in [-0.1, -0.05) is 309 Å². The summed E-state index contributed by atoms with van der Waals surface area (Å²) in [6.45, 7) is 6.43. The molecule has 0 saturated heterocycles. The number of hydrogen-bond acceptors (Lipinski definition) is 6. The van der Waals surface area contributed by atoms with E-state index < -0.39 is 6.10 Å². The fourth-order valence-corrected chi connectivity index (χ4v) is 9.44. The zero-order chi connectivity index (χ0) is 58.5. The van der Waals surface area contributed by atoms with Crippen molar-refractivity contribution in [2.45, 2.75) is 322 Å². The van der Waals surface area contributed by atoms with E-state index in [2.05, 4.69) is 142 Å². The van der Waals surface area contributed by atoms with Gasteiger partial charge in [-0.3, -0.25) is 14.4 Å². The number of hydrogen-bond donors (Lipinski definition) is 0. The molecule has 0 aliphatic carbocycles. The van der Waals surface area contributed by atoms with Crippen molar-refractivity contribution in [3.05, 3.63) is 122 Å². The monoisotopic (exact) mass is 1120 g/mol. The van der Waals surface area contributed by atoms with Crippen LogP contribution in [-0.4, -0.2) is 37.2 Å². The molecule has 1 unspecified atom stereocenters. The normalized spacial score (nSPS) is 12.9. The summed E-state index contributed by atoms with van der Waals surface area (Å²) in [6, 6.07) is 0. The van der Waals surface area contributed by atoms with Gasteiger partial charge in [0.1, 0.15) is 13.2 Å². The first kappa shape index (κ1) is 76.8. The Labute approximate surface area is 501 Å². The molecule has 0 aliphatic heterocycles. The van der Waals surface area contributed by atoms with Crippen LogP contribution in [0, 0.1) is 0 Å². The summed E-state index contributed by atoms with van der Waals surface area (Å²) in [7, 11) is 0. The van der Waals surface area contributed by atoms with Crippen molar-refractivity contribution >= 4 is 17.9 Å². The smallest absolute Gasteiger partial charge is 0.306 e. The molecule has 1 atom stereocenters. The third-order valence-corrected chi connectivity index (χ3v) is 14.5. The van der Waals surface area contributed by atoms with Crippen LogP contribution in [0.1, 0.15) is 316 Å². The van der Waals surface area contributed by atoms with E-state index in [4.69, 9.17) is 14.2 Å². The summed E-state index contributed by atoms with van der Waals surface area (Å²) in [5, 5.41) is 0. The van der Waals surface area contributed by atoms with Gasteiger partial charge in [0.2, 0.25) is 0 Å². The van der Waals surface area contributed by atoms with E-state index in [9.17, 15) is 14.4 Å². The van der Waals surface area contributed by atoms with Gasteiger partial charge in [-0.2, -0.15) is 0 Å². The van der Waals surface area contributed by atoms with E-state index in [1.807, 2.05) is 0 Å². The Bertz CT molecular complexity index is 1670. The molecular weight excluding hydrogens is 997 g/mol. The first-order valence-electron chi connectivity index (χ1n) is 34.0. The van der Waals surface area contributed by atoms with Crippen LogP contribution >= 0.6 is 0 Å². The summed E-state index contributed by atoms with van der Waals surface area (Å²) >= 11 is 0. The second-order valence-electron chi connectivity index (χ2n) is 22.3. The Morgan fingerprint density at radius 2 is 0.481 bits per heavy atom. The van der Waals surface area contributed by atoms with Crippen LogP contribution in [-0.2, 0) is 28.6 Å². The van der Waals surface area contributed by atoms with Crippen LogP contribution in [0.2, 0.25) is 0 Å². The minimum Gasteiger partial charge on any atom is -0.462 e. The Balaban J connectivity index is 4.41. The number of carbonyl (C=O) groups excluding carboxylic acids is 3. The minimum absolute atomic E-state index is 0.0894. The van der Waals surface area contributed by atoms with E-state index in [0.29, 0.717) is 19.3 Å². The zero-order valence-electron chi connectivity index (χ0n) is 53.0. The van der Waals surface area contributed by atoms with Crippen LogP contribution in [0.3, 0.4) is 0 Å². The van der Waals surface area contributed by atoms with Crippen molar-refractivity contribution in [1.29, 1.82) is 0 Å². The lowest BCUT2D eigenvalue weighted by atomic mass is 10.0. The highest BCUT2D eigenvalue weighted by atomic mass is 16.6. The molecule has 0 saturated carbocycles. The third kappa shape index (κ3) is 66.5. The molecule has 0 aromatic rings. The predicted octanol–water partition coefficient (Wildman–Crippen LogP) is 23.6. The summed E-state index contributed by atoms with van der Waals surface area (Å²) in [4.78, 5) is 38.4. The molecule has 0 heterocycles. The lowest BCUT2D eigenvalue weighted by Gasteiger charge is -2.18. The topological polar surface area (TPSA) is 78.9 Å². The highest BCUT2D eigenvalue weighted by molar-refractivity contribution is 5.71. The van der Waals surface area contributed by atoms with Crippen molar-refractivity contribution in [2.75, 3.05) is 13.2 Å². The van der Waals surface area contributed by atoms with Crippen molar-refractivity contribution in [1.82, 2.24) is 0 Å². The molecule has 0 radical (unpaired) electrons. The first-order valence-corrected chi connectivity index (χ1v) is 34.0. The number of carbonyl (C=O) groups is 3. The molecule has 462 valence electrons. The Hall–Kier alpha value is -4.19. The van der Waals surface area contributed by atoms with Gasteiger partial charge < -0.3 is 14.2 Å². The lowest BCUT2D eigenvalue weighted by Crippen LogP contribution is -2.30. The van der Waals surface area contributed by atoms with Crippen LogP contribution < -0.4 is 0 Å². The summed E-state index contributed by atoms with van der Waals surface area (Å²) in [5.74, 6) is -0.906. The Kier molecular flexibility index (Phi) is 64.8. The Morgan fingerprint density at radius 1 is 0.259 bits per heavy atom. The van der Waals surface area contributed by atoms with Gasteiger partial charge >= 0.3 is 17.9 Å². The average Bonchev–Trinajstić information content (AvgIpc) is 3.47. The zero-order valence-corrected chi connectivity index (χ0v) is 53.0. The molecule has 0 N–H and O–H groups in total. The molecule has 0 fully saturated rings. The van der Waals surface area contributed by atoms with Gasteiger partial charge in [-0.15, -0.1) is 0 Å². The standard InChI is InChI=1S/C75H126O6/c1-4-7-10-13-16-19-22-25-28-31-33-34-35-36-37-38-39-40-42-44-47-50-53-56-59-62-65-68-74(77)80-71-72(70-79-73(76)67-64-61-58-55-52-49-46-43-30-27-24-21-18-15-12-9-6-3)81-75(78)69-66-63-60-57-54-51-48-45-41-32-29-26-23-20-17-14-11-8-5-2/h7,9-10,12,16,18-19,21,25,27-28,30,33-34,36-37,39-40,44,47,72H,4-6,8,11,13-15,17,20,22-24,26,29,31-32,35,38,41-43,45-46,48-71H2,1-3H3/b10-7-,12-9-,19-16-,21-18-,28-25-,30-27-,34-33-,37-36-,40-39-,47-44-. The lowest BCUT2D eigenvalue weighted by molar-refractivity contribution is -0.167. The van der Waals surface area contributed by atoms with Gasteiger partial charge in [0.15, 0.2) is 6.10 Å². The summed E-state index contributed by atoms with van der Waals surface area (Å²) in [5.41, 5.74) is 0. The molecule has 6 heteroatoms. The van der Waals surface area contributed by atoms with Gasteiger partial charge in [0.05, 0.1) is 0 Å². The van der Waals surface area contributed by atoms with Gasteiger partial charge in [-0.05, 0) is 109 Å². The number of esters is 3. The van der Waals surface area contributed by atoms with Gasteiger partial charge in [-0.25, -0.2) is 0 Å². The number of rotatable bonds is 61. The second kappa shape index (κ2) is 68.3. The maximum absolute atomic E-state index is 12.9. The SMILES string of the molecule is CC/C=C\C/C=C\C/C=C\C/C=C\C/C=C\C/C=C\C/C=C\CCCCCCCC(=O)OCC(COC(=O)CCCCCCCCC/C=C\C/C=C\C/C=C\CC)OC(=O)CCCCCCCCCCCCCCCCCCCCC. The highest BCUT2D eigenvalue weighted by Gasteiger charge is 2.19. The quantitative estimate of drug-likeness (QED) is 0.0261. The molecule has 0 amide bonds. The van der Waals surface area contributed by atoms with E-state index >= 15 is 0 Å². The van der Waals surface area contributed by atoms with E-state index in [0.717, 1.165) is 148 Å². The average molecular weight is 1120 g/mol. The molecule has 0 spiro atoms. The molecule has 0 aromatic heterocycles. The molecule has 0 aromatic carbocycles. The van der Waals surface area contributed by atoms with E-state index in [1.54, 1.807) is 0 Å². The van der Waals surface area contributed by atoms with Crippen LogP contribution in [0.15, 0.2) is 122 Å². The number of unbranched alkanes of at least 4 members (excludes halogenated alkanes) is 30. The maximum atomic E-state index is 12.9. The second-order valence-corrected chi connectivity index (χ2v) is 22.3. The van der Waals surface area contributed by atoms with Gasteiger partial charge in [0.25, 0.3) is 0 Å².